The van der Waals surface area contributed by atoms with Crippen molar-refractivity contribution in [3.63, 3.8) is 0 Å². The van der Waals surface area contributed by atoms with Crippen LogP contribution in [0.3, 0.4) is 0 Å². The highest BCUT2D eigenvalue weighted by molar-refractivity contribution is 6.31. The molecule has 0 radical (unpaired) electrons. The van der Waals surface area contributed by atoms with Gasteiger partial charge in [0.15, 0.2) is 0 Å². The number of rotatable bonds is 9. The van der Waals surface area contributed by atoms with Crippen LogP contribution in [0.1, 0.15) is 131 Å². The van der Waals surface area contributed by atoms with Crippen LogP contribution in [0.25, 0.3) is 0 Å². The Bertz CT molecular complexity index is 823. The lowest BCUT2D eigenvalue weighted by atomic mass is 9.47. The number of esters is 1. The number of fused-ring (bicyclic) bond motifs is 5. The first-order valence-electron chi connectivity index (χ1n) is 14.9. The van der Waals surface area contributed by atoms with E-state index in [2.05, 4.69) is 26.8 Å². The maximum absolute atomic E-state index is 12.5. The highest BCUT2D eigenvalue weighted by Gasteiger charge is 2.58. The second kappa shape index (κ2) is 11.3. The van der Waals surface area contributed by atoms with Gasteiger partial charge in [0, 0.05) is 17.0 Å². The lowest BCUT2D eigenvalue weighted by Crippen LogP contribution is -2.50. The van der Waals surface area contributed by atoms with Crippen LogP contribution in [0.5, 0.6) is 0 Å². The molecule has 3 heteroatoms. The third-order valence-corrected chi connectivity index (χ3v) is 11.5. The standard InChI is InChI=1S/C32H51ClO2/c1-6-7-8-9-10-11-12-24-14-16-28-27-15-13-25-21-26(35-30(34)22(2)23(3)33)17-19-32(25,5)29(27)18-20-31(24,28)4/h13,24,26-29H,6-12,14-21H2,1-5H3/b23-22-. The van der Waals surface area contributed by atoms with E-state index in [1.807, 2.05) is 0 Å². The molecule has 3 saturated carbocycles. The fourth-order valence-corrected chi connectivity index (χ4v) is 8.94. The Balaban J connectivity index is 1.38. The highest BCUT2D eigenvalue weighted by atomic mass is 35.5. The molecule has 0 bridgehead atoms. The topological polar surface area (TPSA) is 26.3 Å². The second-order valence-corrected chi connectivity index (χ2v) is 13.6. The van der Waals surface area contributed by atoms with E-state index in [9.17, 15) is 4.79 Å². The molecule has 4 aliphatic rings. The van der Waals surface area contributed by atoms with E-state index >= 15 is 0 Å². The first-order chi connectivity index (χ1) is 16.7. The van der Waals surface area contributed by atoms with Crippen molar-refractivity contribution in [2.45, 2.75) is 137 Å². The van der Waals surface area contributed by atoms with Gasteiger partial charge in [-0.1, -0.05) is 82.5 Å². The third-order valence-electron chi connectivity index (χ3n) is 11.3. The van der Waals surface area contributed by atoms with Crippen LogP contribution in [0.4, 0.5) is 0 Å². The van der Waals surface area contributed by atoms with Crippen molar-refractivity contribution in [3.05, 3.63) is 22.3 Å². The van der Waals surface area contributed by atoms with Gasteiger partial charge in [0.05, 0.1) is 0 Å². The molecular weight excluding hydrogens is 452 g/mol. The Labute approximate surface area is 220 Å². The molecule has 2 nitrogen and oxygen atoms in total. The number of hydrogen-bond donors (Lipinski definition) is 0. The number of carbonyl (C=O) groups excluding carboxylic acids is 1. The first kappa shape index (κ1) is 27.3. The number of allylic oxidation sites excluding steroid dienone is 2. The van der Waals surface area contributed by atoms with Gasteiger partial charge in [0.1, 0.15) is 6.10 Å². The Morgan fingerprint density at radius 2 is 1.74 bits per heavy atom. The minimum Gasteiger partial charge on any atom is -0.459 e. The molecule has 198 valence electrons. The van der Waals surface area contributed by atoms with E-state index in [4.69, 9.17) is 16.3 Å². The number of carbonyl (C=O) groups is 1. The van der Waals surface area contributed by atoms with Crippen molar-refractivity contribution in [1.29, 1.82) is 0 Å². The smallest absolute Gasteiger partial charge is 0.335 e. The fraction of sp³-hybridized carbons (Fsp3) is 0.844. The molecule has 0 N–H and O–H groups in total. The summed E-state index contributed by atoms with van der Waals surface area (Å²) in [6, 6.07) is 0. The van der Waals surface area contributed by atoms with Crippen molar-refractivity contribution in [1.82, 2.24) is 0 Å². The summed E-state index contributed by atoms with van der Waals surface area (Å²) in [7, 11) is 0. The predicted molar refractivity (Wildman–Crippen MR) is 147 cm³/mol. The lowest BCUT2D eigenvalue weighted by Gasteiger charge is -2.58. The van der Waals surface area contributed by atoms with Crippen LogP contribution < -0.4 is 0 Å². The summed E-state index contributed by atoms with van der Waals surface area (Å²) in [5.74, 6) is 3.30. The average Bonchev–Trinajstić information content (AvgIpc) is 3.17. The first-order valence-corrected chi connectivity index (χ1v) is 15.3. The second-order valence-electron chi connectivity index (χ2n) is 13.1. The molecule has 0 aliphatic heterocycles. The van der Waals surface area contributed by atoms with Gasteiger partial charge in [0.25, 0.3) is 0 Å². The summed E-state index contributed by atoms with van der Waals surface area (Å²) in [5, 5.41) is 0.534. The quantitative estimate of drug-likeness (QED) is 0.136. The van der Waals surface area contributed by atoms with Gasteiger partial charge in [-0.3, -0.25) is 0 Å². The van der Waals surface area contributed by atoms with Crippen LogP contribution >= 0.6 is 11.6 Å². The third kappa shape index (κ3) is 5.44. The Kier molecular flexibility index (Phi) is 8.82. The van der Waals surface area contributed by atoms with Crippen LogP contribution in [0, 0.1) is 34.5 Å². The molecular formula is C32H51ClO2. The molecule has 0 heterocycles. The van der Waals surface area contributed by atoms with Gasteiger partial charge in [-0.15, -0.1) is 0 Å². The maximum Gasteiger partial charge on any atom is 0.335 e. The fourth-order valence-electron chi connectivity index (χ4n) is 8.86. The number of hydrogen-bond acceptors (Lipinski definition) is 2. The molecule has 4 aliphatic carbocycles. The van der Waals surface area contributed by atoms with Crippen molar-refractivity contribution in [2.75, 3.05) is 0 Å². The molecule has 35 heavy (non-hydrogen) atoms. The Morgan fingerprint density at radius 3 is 2.49 bits per heavy atom. The van der Waals surface area contributed by atoms with Gasteiger partial charge in [-0.05, 0) is 99.7 Å². The van der Waals surface area contributed by atoms with Crippen molar-refractivity contribution in [2.24, 2.45) is 34.5 Å². The summed E-state index contributed by atoms with van der Waals surface area (Å²) in [4.78, 5) is 12.5. The number of unbranched alkanes of at least 4 members (excludes halogenated alkanes) is 5. The van der Waals surface area contributed by atoms with E-state index in [-0.39, 0.29) is 12.1 Å². The molecule has 7 atom stereocenters. The summed E-state index contributed by atoms with van der Waals surface area (Å²) < 4.78 is 5.89. The Morgan fingerprint density at radius 1 is 1.00 bits per heavy atom. The largest absolute Gasteiger partial charge is 0.459 e. The zero-order valence-corrected chi connectivity index (χ0v) is 24.0. The van der Waals surface area contributed by atoms with Crippen molar-refractivity contribution < 1.29 is 9.53 Å². The van der Waals surface area contributed by atoms with Crippen LogP contribution in [0.2, 0.25) is 0 Å². The predicted octanol–water partition coefficient (Wildman–Crippen LogP) is 9.76. The summed E-state index contributed by atoms with van der Waals surface area (Å²) in [6.07, 6.45) is 22.7. The SMILES string of the molecule is CCCCCCCCC1CCC2C3CC=C4CC(OC(=O)/C(C)=C(/C)Cl)CCC4(C)C3CCC12C. The minimum atomic E-state index is -0.240. The number of halogens is 1. The van der Waals surface area contributed by atoms with E-state index in [1.165, 1.54) is 77.0 Å². The van der Waals surface area contributed by atoms with E-state index in [0.29, 0.717) is 21.4 Å². The normalized spacial score (nSPS) is 39.1. The summed E-state index contributed by atoms with van der Waals surface area (Å²) in [6.45, 7) is 11.1. The maximum atomic E-state index is 12.5. The highest BCUT2D eigenvalue weighted by Crippen LogP contribution is 2.66. The molecule has 3 fully saturated rings. The summed E-state index contributed by atoms with van der Waals surface area (Å²) in [5.41, 5.74) is 3.00. The molecule has 4 rings (SSSR count). The van der Waals surface area contributed by atoms with E-state index < -0.39 is 0 Å². The van der Waals surface area contributed by atoms with E-state index in [1.54, 1.807) is 19.4 Å². The average molecular weight is 503 g/mol. The molecule has 0 aromatic heterocycles. The van der Waals surface area contributed by atoms with Crippen molar-refractivity contribution >= 4 is 17.6 Å². The van der Waals surface area contributed by atoms with Crippen LogP contribution in [0.15, 0.2) is 22.3 Å². The van der Waals surface area contributed by atoms with Gasteiger partial charge < -0.3 is 4.74 Å². The monoisotopic (exact) mass is 502 g/mol. The zero-order chi connectivity index (χ0) is 25.2. The van der Waals surface area contributed by atoms with Crippen LogP contribution in [-0.4, -0.2) is 12.1 Å². The summed E-state index contributed by atoms with van der Waals surface area (Å²) >= 11 is 6.04. The van der Waals surface area contributed by atoms with Gasteiger partial charge in [-0.25, -0.2) is 4.79 Å². The molecule has 0 aromatic rings. The number of ether oxygens (including phenoxy) is 1. The molecule has 0 saturated heterocycles. The minimum absolute atomic E-state index is 0.00591. The van der Waals surface area contributed by atoms with Gasteiger partial charge in [-0.2, -0.15) is 0 Å². The van der Waals surface area contributed by atoms with E-state index in [0.717, 1.165) is 42.9 Å². The molecule has 7 unspecified atom stereocenters. The Hall–Kier alpha value is -0.760. The molecule has 0 amide bonds. The lowest BCUT2D eigenvalue weighted by molar-refractivity contribution is -0.146. The van der Waals surface area contributed by atoms with Gasteiger partial charge >= 0.3 is 5.97 Å². The van der Waals surface area contributed by atoms with Gasteiger partial charge in [0.2, 0.25) is 0 Å². The molecule has 0 aromatic carbocycles. The molecule has 0 spiro atoms. The zero-order valence-electron chi connectivity index (χ0n) is 23.3. The van der Waals surface area contributed by atoms with Crippen molar-refractivity contribution in [3.8, 4) is 0 Å². The van der Waals surface area contributed by atoms with Crippen LogP contribution in [-0.2, 0) is 9.53 Å².